The topological polar surface area (TPSA) is 61.9 Å². The van der Waals surface area contributed by atoms with Gasteiger partial charge in [-0.3, -0.25) is 19.4 Å². The van der Waals surface area contributed by atoms with Crippen LogP contribution in [0.5, 0.6) is 0 Å². The summed E-state index contributed by atoms with van der Waals surface area (Å²) in [5, 5.41) is 2.46. The molecule has 1 atom stereocenters. The van der Waals surface area contributed by atoms with Gasteiger partial charge >= 0.3 is 6.18 Å². The third kappa shape index (κ3) is 4.05. The molecule has 1 aromatic carbocycles. The van der Waals surface area contributed by atoms with Crippen LogP contribution >= 0.6 is 0 Å². The minimum atomic E-state index is -4.53. The maximum atomic E-state index is 13.3. The van der Waals surface area contributed by atoms with Crippen molar-refractivity contribution in [1.82, 2.24) is 4.90 Å². The van der Waals surface area contributed by atoms with Gasteiger partial charge in [0.15, 0.2) is 0 Å². The minimum Gasteiger partial charge on any atom is -0.379 e. The van der Waals surface area contributed by atoms with Crippen molar-refractivity contribution in [2.75, 3.05) is 43.1 Å². The SMILES string of the molecule is CC(C(=O)N1CC(=O)Nc2cc(C(F)(F)F)ccc21)N1CCOCC2(CCCC2)C1. The van der Waals surface area contributed by atoms with E-state index in [0.717, 1.165) is 44.4 Å². The number of ether oxygens (including phenoxy) is 1. The standard InChI is InChI=1S/C21H26F3N3O3/c1-14(26-8-9-30-13-20(12-26)6-2-3-7-20)19(29)27-11-18(28)25-16-10-15(21(22,23)24)4-5-17(16)27/h4-5,10,14H,2-3,6-9,11-13H2,1H3,(H,25,28). The summed E-state index contributed by atoms with van der Waals surface area (Å²) in [5.41, 5.74) is -0.505. The number of nitrogens with zero attached hydrogens (tertiary/aromatic N) is 2. The first-order chi connectivity index (χ1) is 14.2. The van der Waals surface area contributed by atoms with Crippen molar-refractivity contribution in [1.29, 1.82) is 0 Å². The number of hydrogen-bond donors (Lipinski definition) is 1. The van der Waals surface area contributed by atoms with Gasteiger partial charge in [0, 0.05) is 18.5 Å². The first-order valence-electron chi connectivity index (χ1n) is 10.3. The van der Waals surface area contributed by atoms with Crippen LogP contribution in [0.1, 0.15) is 38.2 Å². The lowest BCUT2D eigenvalue weighted by Gasteiger charge is -2.37. The molecule has 6 nitrogen and oxygen atoms in total. The molecule has 3 aliphatic rings. The van der Waals surface area contributed by atoms with Crippen molar-refractivity contribution >= 4 is 23.2 Å². The number of rotatable bonds is 2. The Morgan fingerprint density at radius 1 is 1.27 bits per heavy atom. The minimum absolute atomic E-state index is 0.00749. The second-order valence-corrected chi connectivity index (χ2v) is 8.61. The van der Waals surface area contributed by atoms with Crippen LogP contribution in [0, 0.1) is 5.41 Å². The Labute approximate surface area is 173 Å². The average Bonchev–Trinajstić information content (AvgIpc) is 3.04. The van der Waals surface area contributed by atoms with Gasteiger partial charge in [-0.1, -0.05) is 12.8 Å². The van der Waals surface area contributed by atoms with Gasteiger partial charge in [-0.25, -0.2) is 0 Å². The summed E-state index contributed by atoms with van der Waals surface area (Å²) in [6.07, 6.45) is -0.0817. The van der Waals surface area contributed by atoms with Crippen LogP contribution in [0.2, 0.25) is 0 Å². The van der Waals surface area contributed by atoms with E-state index in [9.17, 15) is 22.8 Å². The van der Waals surface area contributed by atoms with E-state index >= 15 is 0 Å². The molecular formula is C21H26F3N3O3. The summed E-state index contributed by atoms with van der Waals surface area (Å²) < 4.78 is 45.0. The van der Waals surface area contributed by atoms with Crippen LogP contribution in [0.15, 0.2) is 18.2 Å². The number of nitrogens with one attached hydrogen (secondary N) is 1. The molecule has 1 spiro atoms. The van der Waals surface area contributed by atoms with Crippen LogP contribution in [0.4, 0.5) is 24.5 Å². The van der Waals surface area contributed by atoms with E-state index in [2.05, 4.69) is 10.2 Å². The van der Waals surface area contributed by atoms with Crippen LogP contribution in [-0.4, -0.2) is 55.6 Å². The fraction of sp³-hybridized carbons (Fsp3) is 0.619. The number of carbonyl (C=O) groups excluding carboxylic acids is 2. The predicted molar refractivity (Wildman–Crippen MR) is 105 cm³/mol. The lowest BCUT2D eigenvalue weighted by molar-refractivity contribution is -0.137. The summed E-state index contributed by atoms with van der Waals surface area (Å²) in [6, 6.07) is 2.57. The van der Waals surface area contributed by atoms with Gasteiger partial charge in [-0.15, -0.1) is 0 Å². The first-order valence-corrected chi connectivity index (χ1v) is 10.3. The smallest absolute Gasteiger partial charge is 0.379 e. The molecule has 2 heterocycles. The van der Waals surface area contributed by atoms with Gasteiger partial charge in [-0.2, -0.15) is 13.2 Å². The van der Waals surface area contributed by atoms with E-state index in [1.807, 2.05) is 0 Å². The van der Waals surface area contributed by atoms with Crippen LogP contribution in [-0.2, 0) is 20.5 Å². The Bertz CT molecular complexity index is 837. The van der Waals surface area contributed by atoms with Crippen molar-refractivity contribution in [3.63, 3.8) is 0 Å². The number of carbonyl (C=O) groups is 2. The summed E-state index contributed by atoms with van der Waals surface area (Å²) in [4.78, 5) is 28.9. The van der Waals surface area contributed by atoms with Crippen molar-refractivity contribution in [2.45, 2.75) is 44.8 Å². The van der Waals surface area contributed by atoms with Crippen LogP contribution in [0.3, 0.4) is 0 Å². The van der Waals surface area contributed by atoms with Crippen molar-refractivity contribution in [3.05, 3.63) is 23.8 Å². The normalized spacial score (nSPS) is 23.1. The second kappa shape index (κ2) is 7.85. The number of hydrogen-bond acceptors (Lipinski definition) is 4. The Balaban J connectivity index is 1.57. The molecule has 1 saturated heterocycles. The Morgan fingerprint density at radius 3 is 2.70 bits per heavy atom. The molecular weight excluding hydrogens is 399 g/mol. The maximum Gasteiger partial charge on any atom is 0.416 e. The molecule has 9 heteroatoms. The van der Waals surface area contributed by atoms with Gasteiger partial charge in [0.2, 0.25) is 11.8 Å². The molecule has 1 aliphatic carbocycles. The molecule has 0 bridgehead atoms. The van der Waals surface area contributed by atoms with E-state index in [4.69, 9.17) is 4.74 Å². The van der Waals surface area contributed by atoms with E-state index in [-0.39, 0.29) is 23.6 Å². The molecule has 1 saturated carbocycles. The van der Waals surface area contributed by atoms with Gasteiger partial charge in [0.25, 0.3) is 0 Å². The lowest BCUT2D eigenvalue weighted by atomic mass is 9.86. The molecule has 164 valence electrons. The Hall–Kier alpha value is -2.13. The molecule has 2 aliphatic heterocycles. The number of anilines is 2. The van der Waals surface area contributed by atoms with Crippen molar-refractivity contribution < 1.29 is 27.5 Å². The first kappa shape index (κ1) is 21.1. The van der Waals surface area contributed by atoms with Gasteiger partial charge in [-0.05, 0) is 38.0 Å². The zero-order valence-corrected chi connectivity index (χ0v) is 16.9. The van der Waals surface area contributed by atoms with Crippen LogP contribution < -0.4 is 10.2 Å². The van der Waals surface area contributed by atoms with Crippen LogP contribution in [0.25, 0.3) is 0 Å². The third-order valence-electron chi connectivity index (χ3n) is 6.50. The number of amides is 2. The highest BCUT2D eigenvalue weighted by Gasteiger charge is 2.41. The molecule has 0 radical (unpaired) electrons. The monoisotopic (exact) mass is 425 g/mol. The van der Waals surface area contributed by atoms with E-state index in [1.54, 1.807) is 6.92 Å². The number of alkyl halides is 3. The van der Waals surface area contributed by atoms with E-state index < -0.39 is 23.7 Å². The summed E-state index contributed by atoms with van der Waals surface area (Å²) in [5.74, 6) is -0.797. The molecule has 4 rings (SSSR count). The molecule has 30 heavy (non-hydrogen) atoms. The van der Waals surface area contributed by atoms with E-state index in [1.165, 1.54) is 11.0 Å². The fourth-order valence-electron chi connectivity index (χ4n) is 4.83. The van der Waals surface area contributed by atoms with Crippen molar-refractivity contribution in [3.8, 4) is 0 Å². The molecule has 1 aromatic rings. The summed E-state index contributed by atoms with van der Waals surface area (Å²) in [7, 11) is 0. The quantitative estimate of drug-likeness (QED) is 0.790. The lowest BCUT2D eigenvalue weighted by Crippen LogP contribution is -2.53. The molecule has 1 N–H and O–H groups in total. The zero-order chi connectivity index (χ0) is 21.5. The fourth-order valence-corrected chi connectivity index (χ4v) is 4.83. The molecule has 2 fully saturated rings. The molecule has 2 amide bonds. The largest absolute Gasteiger partial charge is 0.416 e. The number of halogens is 3. The Kier molecular flexibility index (Phi) is 5.52. The average molecular weight is 425 g/mol. The summed E-state index contributed by atoms with van der Waals surface area (Å²) >= 11 is 0. The number of benzene rings is 1. The molecule has 0 aromatic heterocycles. The van der Waals surface area contributed by atoms with Gasteiger partial charge < -0.3 is 10.1 Å². The van der Waals surface area contributed by atoms with E-state index in [0.29, 0.717) is 25.4 Å². The van der Waals surface area contributed by atoms with Gasteiger partial charge in [0.1, 0.15) is 6.54 Å². The highest BCUT2D eigenvalue weighted by Crippen LogP contribution is 2.41. The highest BCUT2D eigenvalue weighted by atomic mass is 19.4. The van der Waals surface area contributed by atoms with Crippen molar-refractivity contribution in [2.24, 2.45) is 5.41 Å². The Morgan fingerprint density at radius 2 is 2.00 bits per heavy atom. The predicted octanol–water partition coefficient (Wildman–Crippen LogP) is 3.27. The molecule has 1 unspecified atom stereocenters. The zero-order valence-electron chi connectivity index (χ0n) is 16.9. The second-order valence-electron chi connectivity index (χ2n) is 8.61. The van der Waals surface area contributed by atoms with Gasteiger partial charge in [0.05, 0.1) is 36.2 Å². The number of fused-ring (bicyclic) bond motifs is 1. The maximum absolute atomic E-state index is 13.3. The third-order valence-corrected chi connectivity index (χ3v) is 6.50. The summed E-state index contributed by atoms with van der Waals surface area (Å²) in [6.45, 7) is 4.17. The highest BCUT2D eigenvalue weighted by molar-refractivity contribution is 6.11.